The van der Waals surface area contributed by atoms with Crippen LogP contribution >= 0.6 is 30.8 Å². The normalized spacial score (nSPS) is 36.0. The molecule has 3 saturated heterocycles. The number of hydrogen-bond acceptors (Lipinski definition) is 15. The van der Waals surface area contributed by atoms with Crippen molar-refractivity contribution in [1.29, 1.82) is 0 Å². The highest BCUT2D eigenvalue weighted by atomic mass is 32.7. The van der Waals surface area contributed by atoms with E-state index in [1.54, 1.807) is 10.9 Å². The third-order valence-corrected chi connectivity index (χ3v) is 11.6. The highest BCUT2D eigenvalue weighted by Gasteiger charge is 2.74. The number of thiol groups is 1. The number of ether oxygens (including phenoxy) is 2. The molecule has 4 aliphatic rings. The lowest BCUT2D eigenvalue weighted by Gasteiger charge is -2.57. The summed E-state index contributed by atoms with van der Waals surface area (Å²) in [6, 6.07) is 0. The van der Waals surface area contributed by atoms with E-state index >= 15 is 4.39 Å². The molecule has 228 valence electrons. The van der Waals surface area contributed by atoms with Gasteiger partial charge in [-0.15, -0.1) is 11.8 Å². The van der Waals surface area contributed by atoms with Gasteiger partial charge >= 0.3 is 6.80 Å². The van der Waals surface area contributed by atoms with Gasteiger partial charge in [0.2, 0.25) is 5.95 Å². The van der Waals surface area contributed by atoms with Crippen LogP contribution in [0.25, 0.3) is 22.3 Å². The molecule has 8 rings (SSSR count). The van der Waals surface area contributed by atoms with E-state index in [0.29, 0.717) is 17.6 Å². The van der Waals surface area contributed by atoms with Crippen molar-refractivity contribution < 1.29 is 32.6 Å². The Morgan fingerprint density at radius 1 is 1.23 bits per heavy atom. The van der Waals surface area contributed by atoms with Crippen molar-refractivity contribution in [2.45, 2.75) is 53.4 Å². The second-order valence-corrected chi connectivity index (χ2v) is 15.0. The molecule has 1 saturated carbocycles. The minimum Gasteiger partial charge on any atom is -0.395 e. The van der Waals surface area contributed by atoms with Gasteiger partial charge in [-0.25, -0.2) is 28.9 Å². The third-order valence-electron chi connectivity index (χ3n) is 8.43. The maximum Gasteiger partial charge on any atom is 0.386 e. The largest absolute Gasteiger partial charge is 0.395 e. The maximum absolute atomic E-state index is 15.6. The van der Waals surface area contributed by atoms with E-state index in [1.165, 1.54) is 17.2 Å². The lowest BCUT2D eigenvalue weighted by atomic mass is 9.62. The van der Waals surface area contributed by atoms with Crippen LogP contribution in [0.3, 0.4) is 0 Å². The Morgan fingerprint density at radius 3 is 2.81 bits per heavy atom. The van der Waals surface area contributed by atoms with Gasteiger partial charge in [0.15, 0.2) is 28.9 Å². The molecule has 10 atom stereocenters. The van der Waals surface area contributed by atoms with Gasteiger partial charge in [-0.1, -0.05) is 12.2 Å². The van der Waals surface area contributed by atoms with Crippen LogP contribution in [-0.4, -0.2) is 92.7 Å². The first-order valence-corrected chi connectivity index (χ1v) is 16.8. The molecular weight excluding hydrogens is 630 g/mol. The number of fused-ring (bicyclic) bond motifs is 2. The zero-order valence-corrected chi connectivity index (χ0v) is 24.4. The molecule has 21 heteroatoms. The van der Waals surface area contributed by atoms with Crippen LogP contribution in [0.1, 0.15) is 18.0 Å². The summed E-state index contributed by atoms with van der Waals surface area (Å²) in [7, 11) is 0. The van der Waals surface area contributed by atoms with Crippen molar-refractivity contribution in [3.8, 4) is 0 Å². The van der Waals surface area contributed by atoms with Crippen LogP contribution in [0.5, 0.6) is 0 Å². The Hall–Kier alpha value is -2.84. The van der Waals surface area contributed by atoms with Crippen molar-refractivity contribution in [2.75, 3.05) is 24.7 Å². The fourth-order valence-electron chi connectivity index (χ4n) is 6.44. The molecule has 4 aromatic rings. The zero-order chi connectivity index (χ0) is 29.8. The van der Waals surface area contributed by atoms with Gasteiger partial charge in [-0.2, -0.15) is 4.98 Å². The van der Waals surface area contributed by atoms with Crippen molar-refractivity contribution in [2.24, 2.45) is 5.92 Å². The number of aliphatic hydroxyl groups excluding tert-OH is 1. The number of aromatic amines is 1. The highest BCUT2D eigenvalue weighted by Crippen LogP contribution is 2.66. The number of H-pyrrole nitrogens is 1. The Bertz CT molecular complexity index is 1880. The fourth-order valence-corrected chi connectivity index (χ4v) is 9.40. The summed E-state index contributed by atoms with van der Waals surface area (Å²) in [6.45, 7) is -4.91. The van der Waals surface area contributed by atoms with Crippen molar-refractivity contribution in [3.63, 3.8) is 0 Å². The van der Waals surface area contributed by atoms with Crippen molar-refractivity contribution >= 4 is 64.9 Å². The van der Waals surface area contributed by atoms with E-state index in [1.807, 2.05) is 0 Å². The molecule has 4 fully saturated rings. The average Bonchev–Trinajstić information content (AvgIpc) is 3.65. The van der Waals surface area contributed by atoms with Gasteiger partial charge in [0, 0.05) is 12.3 Å². The number of alkyl halides is 1. The zero-order valence-electron chi connectivity index (χ0n) is 21.8. The number of imidazole rings is 2. The fraction of sp³-hybridized carbons (Fsp3) is 0.545. The van der Waals surface area contributed by atoms with E-state index in [2.05, 4.69) is 42.2 Å². The third kappa shape index (κ3) is 4.08. The molecule has 7 heterocycles. The number of nitrogen functional groups attached to an aromatic ring is 2. The minimum atomic E-state index is -4.22. The Kier molecular flexibility index (Phi) is 6.17. The first-order valence-electron chi connectivity index (χ1n) is 13.1. The summed E-state index contributed by atoms with van der Waals surface area (Å²) < 4.78 is 56.2. The standard InChI is InChI=1S/C22H24FN10O7PS2/c23-10-8(2-34)43-20(33-6-29-12-17(33)30-21(25)31-18(12)35)14(10)40-41(36,42)37-3-22-1-7-9(22)13(38-7)19(39-22)32-5-28-11-15(24)26-4-27-16(11)32/h4-10,13-14,19-20,34H,1-3H2,(H,36,42)(H2,24,26,27)(H3,25,30,31,35)/t7?,8-,9+,10+,13-,14-,19-,20-,22-,41?/m1/s1. The number of nitrogens with two attached hydrogens (primary N) is 2. The van der Waals surface area contributed by atoms with Crippen LogP contribution in [0.15, 0.2) is 23.8 Å². The van der Waals surface area contributed by atoms with Crippen LogP contribution in [0.2, 0.25) is 0 Å². The summed E-state index contributed by atoms with van der Waals surface area (Å²) in [5, 5.41) is 7.94. The van der Waals surface area contributed by atoms with Gasteiger partial charge in [0.25, 0.3) is 5.56 Å². The molecule has 1 aliphatic carbocycles. The van der Waals surface area contributed by atoms with E-state index in [4.69, 9.17) is 30.0 Å². The lowest BCUT2D eigenvalue weighted by Crippen LogP contribution is -2.68. The molecule has 3 aliphatic heterocycles. The average molecular weight is 655 g/mol. The van der Waals surface area contributed by atoms with Gasteiger partial charge in [-0.3, -0.25) is 28.0 Å². The number of hydrogen-bond donors (Lipinski definition) is 5. The van der Waals surface area contributed by atoms with E-state index < -0.39 is 53.7 Å². The summed E-state index contributed by atoms with van der Waals surface area (Å²) in [5.74, 6) is 0.0113. The Labute approximate surface area is 249 Å². The second-order valence-electron chi connectivity index (χ2n) is 10.8. The molecule has 0 bridgehead atoms. The predicted octanol–water partition coefficient (Wildman–Crippen LogP) is 0.563. The molecule has 43 heavy (non-hydrogen) atoms. The Morgan fingerprint density at radius 2 is 2.02 bits per heavy atom. The lowest BCUT2D eigenvalue weighted by molar-refractivity contribution is -0.272. The van der Waals surface area contributed by atoms with Crippen LogP contribution in [-0.2, 0) is 23.1 Å². The molecule has 0 aromatic carbocycles. The first-order chi connectivity index (χ1) is 20.6. The molecule has 0 radical (unpaired) electrons. The molecule has 6 N–H and O–H groups in total. The van der Waals surface area contributed by atoms with Crippen LogP contribution in [0.4, 0.5) is 16.2 Å². The number of nitrogens with zero attached hydrogens (tertiary/aromatic N) is 7. The molecule has 0 amide bonds. The highest BCUT2D eigenvalue weighted by molar-refractivity contribution is 8.44. The van der Waals surface area contributed by atoms with Crippen LogP contribution in [0, 0.1) is 5.92 Å². The molecule has 17 nitrogen and oxygen atoms in total. The number of nitrogens with one attached hydrogen (secondary N) is 1. The SMILES string of the molecule is Nc1nc2c(ncn2[C@@H]2S[C@H](CO)[C@H](F)[C@H]2OP(=O)(S)OC[C@@]23CC4O[C@@H]([C@H](n5cnc6c(N)ncnc65)O2)[C@H]43)c(=O)[nH]1. The second kappa shape index (κ2) is 9.58. The molecular formula is C22H24FN10O7PS2. The first kappa shape index (κ1) is 27.7. The van der Waals surface area contributed by atoms with Crippen LogP contribution < -0.4 is 17.0 Å². The number of thioether (sulfide) groups is 1. The van der Waals surface area contributed by atoms with E-state index in [9.17, 15) is 14.5 Å². The van der Waals surface area contributed by atoms with Gasteiger partial charge in [0.1, 0.15) is 41.2 Å². The number of anilines is 2. The number of halogens is 1. The number of rotatable bonds is 8. The Balaban J connectivity index is 1.02. The monoisotopic (exact) mass is 654 g/mol. The molecule has 2 unspecified atom stereocenters. The topological polar surface area (TPSA) is 233 Å². The van der Waals surface area contributed by atoms with E-state index in [0.717, 1.165) is 11.8 Å². The van der Waals surface area contributed by atoms with E-state index in [-0.39, 0.29) is 47.7 Å². The maximum atomic E-state index is 15.6. The van der Waals surface area contributed by atoms with Crippen molar-refractivity contribution in [1.82, 2.24) is 39.0 Å². The van der Waals surface area contributed by atoms with Gasteiger partial charge in [-0.05, 0) is 0 Å². The molecule has 0 spiro atoms. The summed E-state index contributed by atoms with van der Waals surface area (Å²) >= 11 is 5.18. The predicted molar refractivity (Wildman–Crippen MR) is 152 cm³/mol. The summed E-state index contributed by atoms with van der Waals surface area (Å²) in [4.78, 5) is 35.4. The summed E-state index contributed by atoms with van der Waals surface area (Å²) in [5.41, 5.74) is 11.2. The number of aromatic nitrogens is 8. The number of aliphatic hydroxyl groups is 1. The quantitative estimate of drug-likeness (QED) is 0.129. The summed E-state index contributed by atoms with van der Waals surface area (Å²) in [6.07, 6.45) is 0.491. The van der Waals surface area contributed by atoms with Crippen molar-refractivity contribution in [3.05, 3.63) is 29.3 Å². The van der Waals surface area contributed by atoms with Gasteiger partial charge in [0.05, 0.1) is 37.2 Å². The smallest absolute Gasteiger partial charge is 0.386 e. The minimum absolute atomic E-state index is 0.0228. The molecule has 4 aromatic heterocycles. The van der Waals surface area contributed by atoms with Gasteiger partial charge < -0.3 is 26.0 Å².